The summed E-state index contributed by atoms with van der Waals surface area (Å²) in [5.41, 5.74) is -0.620. The predicted molar refractivity (Wildman–Crippen MR) is 71.2 cm³/mol. The first-order valence-electron chi connectivity index (χ1n) is 5.84. The van der Waals surface area contributed by atoms with Gasteiger partial charge in [0.05, 0.1) is 18.3 Å². The van der Waals surface area contributed by atoms with Gasteiger partial charge in [0, 0.05) is 12.2 Å². The zero-order chi connectivity index (χ0) is 14.7. The van der Waals surface area contributed by atoms with Crippen LogP contribution >= 0.6 is 0 Å². The fraction of sp³-hybridized carbons (Fsp3) is 0.429. The molecule has 0 atom stereocenters. The molecule has 0 heterocycles. The quantitative estimate of drug-likeness (QED) is 0.344. The molecule has 0 aliphatic heterocycles. The number of carbonyl (C=O) groups excluding carboxylic acids is 2. The molecule has 19 heavy (non-hydrogen) atoms. The van der Waals surface area contributed by atoms with E-state index in [4.69, 9.17) is 14.2 Å². The van der Waals surface area contributed by atoms with Crippen molar-refractivity contribution in [3.8, 4) is 0 Å². The molecule has 0 aromatic rings. The lowest BCUT2D eigenvalue weighted by Crippen LogP contribution is -2.37. The highest BCUT2D eigenvalue weighted by molar-refractivity contribution is 5.81. The van der Waals surface area contributed by atoms with Crippen LogP contribution in [0, 0.1) is 5.41 Å². The molecule has 5 nitrogen and oxygen atoms in total. The van der Waals surface area contributed by atoms with Crippen LogP contribution < -0.4 is 0 Å². The van der Waals surface area contributed by atoms with Crippen LogP contribution in [0.5, 0.6) is 0 Å². The Morgan fingerprint density at radius 3 is 1.79 bits per heavy atom. The fourth-order valence-corrected chi connectivity index (χ4v) is 1.23. The third-order valence-electron chi connectivity index (χ3n) is 2.63. The van der Waals surface area contributed by atoms with Crippen molar-refractivity contribution in [1.82, 2.24) is 0 Å². The predicted octanol–water partition coefficient (Wildman–Crippen LogP) is 2.00. The molecule has 0 saturated carbocycles. The lowest BCUT2D eigenvalue weighted by atomic mass is 9.88. The van der Waals surface area contributed by atoms with Crippen molar-refractivity contribution in [2.75, 3.05) is 19.8 Å². The van der Waals surface area contributed by atoms with E-state index in [1.165, 1.54) is 6.26 Å². The zero-order valence-corrected chi connectivity index (χ0v) is 11.2. The first kappa shape index (κ1) is 17.0. The van der Waals surface area contributed by atoms with E-state index in [2.05, 4.69) is 19.7 Å². The van der Waals surface area contributed by atoms with Gasteiger partial charge in [-0.3, -0.25) is 0 Å². The Morgan fingerprint density at radius 1 is 1.00 bits per heavy atom. The van der Waals surface area contributed by atoms with Crippen molar-refractivity contribution >= 4 is 11.9 Å². The molecule has 106 valence electrons. The Bertz CT molecular complexity index is 322. The number of carbonyl (C=O) groups is 2. The third-order valence-corrected chi connectivity index (χ3v) is 2.63. The highest BCUT2D eigenvalue weighted by atomic mass is 16.6. The highest BCUT2D eigenvalue weighted by Gasteiger charge is 2.32. The van der Waals surface area contributed by atoms with Gasteiger partial charge in [-0.1, -0.05) is 26.7 Å². The van der Waals surface area contributed by atoms with Crippen LogP contribution in [0.4, 0.5) is 0 Å². The monoisotopic (exact) mass is 268 g/mol. The second-order valence-electron chi connectivity index (χ2n) is 3.95. The van der Waals surface area contributed by atoms with Crippen LogP contribution in [-0.2, 0) is 23.8 Å². The van der Waals surface area contributed by atoms with Crippen molar-refractivity contribution in [2.24, 2.45) is 5.41 Å². The average Bonchev–Trinajstić information content (AvgIpc) is 2.46. The zero-order valence-electron chi connectivity index (χ0n) is 11.2. The van der Waals surface area contributed by atoms with E-state index in [0.717, 1.165) is 12.2 Å². The highest BCUT2D eigenvalue weighted by Crippen LogP contribution is 2.24. The smallest absolute Gasteiger partial charge is 0.330 e. The van der Waals surface area contributed by atoms with Gasteiger partial charge in [0.15, 0.2) is 0 Å². The minimum absolute atomic E-state index is 0.0621. The van der Waals surface area contributed by atoms with Crippen molar-refractivity contribution in [1.29, 1.82) is 0 Å². The second kappa shape index (κ2) is 8.97. The number of hydrogen-bond donors (Lipinski definition) is 0. The van der Waals surface area contributed by atoms with Crippen LogP contribution in [0.15, 0.2) is 38.2 Å². The molecule has 0 rings (SSSR count). The maximum Gasteiger partial charge on any atom is 0.330 e. The van der Waals surface area contributed by atoms with E-state index in [1.54, 1.807) is 0 Å². The number of rotatable bonds is 10. The van der Waals surface area contributed by atoms with Crippen molar-refractivity contribution < 1.29 is 23.8 Å². The van der Waals surface area contributed by atoms with Crippen molar-refractivity contribution in [3.63, 3.8) is 0 Å². The van der Waals surface area contributed by atoms with Crippen LogP contribution in [0.25, 0.3) is 0 Å². The molecule has 0 aliphatic rings. The van der Waals surface area contributed by atoms with E-state index in [-0.39, 0.29) is 19.8 Å². The SMILES string of the molecule is C=COCC(CC)(COC(=O)C=C)COC(=O)C=C. The van der Waals surface area contributed by atoms with Gasteiger partial charge < -0.3 is 14.2 Å². The van der Waals surface area contributed by atoms with E-state index in [0.29, 0.717) is 6.42 Å². The lowest BCUT2D eigenvalue weighted by molar-refractivity contribution is -0.150. The lowest BCUT2D eigenvalue weighted by Gasteiger charge is -2.30. The van der Waals surface area contributed by atoms with Crippen LogP contribution in [0.1, 0.15) is 13.3 Å². The molecule has 0 bridgehead atoms. The van der Waals surface area contributed by atoms with Crippen LogP contribution in [0.2, 0.25) is 0 Å². The summed E-state index contributed by atoms with van der Waals surface area (Å²) in [4.78, 5) is 22.2. The Hall–Kier alpha value is -2.04. The molecule has 0 unspecified atom stereocenters. The Balaban J connectivity index is 4.69. The van der Waals surface area contributed by atoms with Gasteiger partial charge in [0.1, 0.15) is 13.2 Å². The molecule has 0 radical (unpaired) electrons. The summed E-state index contributed by atoms with van der Waals surface area (Å²) in [7, 11) is 0. The van der Waals surface area contributed by atoms with Crippen molar-refractivity contribution in [3.05, 3.63) is 38.2 Å². The summed E-state index contributed by atoms with van der Waals surface area (Å²) < 4.78 is 15.2. The standard InChI is InChI=1S/C14H20O5/c1-5-12(15)18-10-14(7-3,9-17-8-4)11-19-13(16)6-2/h5-6,8H,1-2,4,7,9-11H2,3H3. The van der Waals surface area contributed by atoms with Crippen LogP contribution in [0.3, 0.4) is 0 Å². The first-order chi connectivity index (χ1) is 9.03. The molecule has 0 fully saturated rings. The van der Waals surface area contributed by atoms with Gasteiger partial charge in [-0.2, -0.15) is 0 Å². The van der Waals surface area contributed by atoms with E-state index < -0.39 is 17.4 Å². The Morgan fingerprint density at radius 2 is 1.47 bits per heavy atom. The van der Waals surface area contributed by atoms with Gasteiger partial charge in [0.25, 0.3) is 0 Å². The molecule has 0 aromatic carbocycles. The molecule has 0 saturated heterocycles. The minimum Gasteiger partial charge on any atom is -0.501 e. The summed E-state index contributed by atoms with van der Waals surface area (Å²) >= 11 is 0. The van der Waals surface area contributed by atoms with E-state index in [9.17, 15) is 9.59 Å². The normalized spacial score (nSPS) is 10.2. The number of ether oxygens (including phenoxy) is 3. The fourth-order valence-electron chi connectivity index (χ4n) is 1.23. The van der Waals surface area contributed by atoms with Crippen LogP contribution in [-0.4, -0.2) is 31.8 Å². The summed E-state index contributed by atoms with van der Waals surface area (Å²) in [5.74, 6) is -1.07. The Kier molecular flexibility index (Phi) is 8.00. The summed E-state index contributed by atoms with van der Waals surface area (Å²) in [6, 6.07) is 0. The average molecular weight is 268 g/mol. The molecule has 0 aliphatic carbocycles. The second-order valence-corrected chi connectivity index (χ2v) is 3.95. The van der Waals surface area contributed by atoms with Gasteiger partial charge in [-0.15, -0.1) is 0 Å². The van der Waals surface area contributed by atoms with Gasteiger partial charge in [0.2, 0.25) is 0 Å². The molecule has 0 N–H and O–H groups in total. The molecule has 0 amide bonds. The Labute approximate surface area is 113 Å². The van der Waals surface area contributed by atoms with Gasteiger partial charge in [-0.05, 0) is 6.42 Å². The largest absolute Gasteiger partial charge is 0.501 e. The molecule has 0 aromatic heterocycles. The maximum atomic E-state index is 11.1. The van der Waals surface area contributed by atoms with E-state index in [1.807, 2.05) is 6.92 Å². The number of hydrogen-bond acceptors (Lipinski definition) is 5. The van der Waals surface area contributed by atoms with Crippen molar-refractivity contribution in [2.45, 2.75) is 13.3 Å². The van der Waals surface area contributed by atoms with Gasteiger partial charge >= 0.3 is 11.9 Å². The third kappa shape index (κ3) is 6.45. The minimum atomic E-state index is -0.620. The molecule has 0 spiro atoms. The first-order valence-corrected chi connectivity index (χ1v) is 5.84. The van der Waals surface area contributed by atoms with Gasteiger partial charge in [-0.25, -0.2) is 9.59 Å². The number of esters is 2. The molecular weight excluding hydrogens is 248 g/mol. The van der Waals surface area contributed by atoms with E-state index >= 15 is 0 Å². The topological polar surface area (TPSA) is 61.8 Å². The molecule has 5 heteroatoms. The summed E-state index contributed by atoms with van der Waals surface area (Å²) in [6.45, 7) is 12.3. The molecular formula is C14H20O5. The summed E-state index contributed by atoms with van der Waals surface area (Å²) in [6.07, 6.45) is 4.03. The maximum absolute atomic E-state index is 11.1. The summed E-state index contributed by atoms with van der Waals surface area (Å²) in [5, 5.41) is 0.